The summed E-state index contributed by atoms with van der Waals surface area (Å²) >= 11 is 0. The van der Waals surface area contributed by atoms with Gasteiger partial charge in [-0.1, -0.05) is 0 Å². The maximum atomic E-state index is 12.2. The number of likely N-dealkylation sites (N-methyl/N-ethyl adjacent to an activating group) is 1. The molecule has 2 aliphatic rings. The highest BCUT2D eigenvalue weighted by Crippen LogP contribution is 2.07. The van der Waals surface area contributed by atoms with Gasteiger partial charge < -0.3 is 20.0 Å². The summed E-state index contributed by atoms with van der Waals surface area (Å²) in [6.45, 7) is 7.41. The molecule has 3 amide bonds. The fourth-order valence-electron chi connectivity index (χ4n) is 2.59. The largest absolute Gasteiger partial charge is 0.338 e. The van der Waals surface area contributed by atoms with Gasteiger partial charge in [-0.3, -0.25) is 14.4 Å². The fraction of sp³-hybridized carbons (Fsp3) is 0.769. The molecule has 0 radical (unpaired) electrons. The van der Waals surface area contributed by atoms with E-state index in [1.165, 1.54) is 9.80 Å². The van der Waals surface area contributed by atoms with Crippen LogP contribution in [0, 0.1) is 0 Å². The molecule has 120 valence electrons. The maximum Gasteiger partial charge on any atom is 0.312 e. The van der Waals surface area contributed by atoms with E-state index in [0.717, 1.165) is 6.54 Å². The maximum absolute atomic E-state index is 12.2. The standard InChI is InChI=1S/C13H22N4O3.ClH/c1-3-15-6-7-17(13(20)12(15)19)9-11(18)16-5-4-14-10(2)8-16;/h10,14H,3-9H2,1-2H3;1H. The van der Waals surface area contributed by atoms with Crippen molar-refractivity contribution in [3.05, 3.63) is 0 Å². The molecule has 1 atom stereocenters. The molecular weight excluding hydrogens is 296 g/mol. The lowest BCUT2D eigenvalue weighted by molar-refractivity contribution is -0.157. The molecule has 0 aromatic carbocycles. The van der Waals surface area contributed by atoms with Gasteiger partial charge in [-0.15, -0.1) is 12.4 Å². The number of carbonyl (C=O) groups excluding carboxylic acids is 3. The Kier molecular flexibility index (Phi) is 6.42. The minimum Gasteiger partial charge on any atom is -0.338 e. The monoisotopic (exact) mass is 318 g/mol. The van der Waals surface area contributed by atoms with E-state index >= 15 is 0 Å². The van der Waals surface area contributed by atoms with Crippen LogP contribution in [-0.4, -0.2) is 84.3 Å². The summed E-state index contributed by atoms with van der Waals surface area (Å²) < 4.78 is 0. The van der Waals surface area contributed by atoms with Crippen LogP contribution in [0.2, 0.25) is 0 Å². The molecule has 0 aromatic rings. The van der Waals surface area contributed by atoms with Crippen molar-refractivity contribution >= 4 is 30.1 Å². The zero-order valence-electron chi connectivity index (χ0n) is 12.5. The molecule has 2 heterocycles. The van der Waals surface area contributed by atoms with Crippen LogP contribution in [0.25, 0.3) is 0 Å². The van der Waals surface area contributed by atoms with E-state index in [0.29, 0.717) is 32.7 Å². The lowest BCUT2D eigenvalue weighted by Gasteiger charge is -2.36. The van der Waals surface area contributed by atoms with Crippen LogP contribution in [0.3, 0.4) is 0 Å². The van der Waals surface area contributed by atoms with E-state index in [1.807, 2.05) is 13.8 Å². The molecule has 1 unspecified atom stereocenters. The average molecular weight is 319 g/mol. The van der Waals surface area contributed by atoms with Gasteiger partial charge in [-0.2, -0.15) is 0 Å². The Bertz CT molecular complexity index is 418. The summed E-state index contributed by atoms with van der Waals surface area (Å²) in [5, 5.41) is 3.26. The van der Waals surface area contributed by atoms with E-state index in [9.17, 15) is 14.4 Å². The summed E-state index contributed by atoms with van der Waals surface area (Å²) in [6.07, 6.45) is 0. The molecular formula is C13H23ClN4O3. The molecule has 2 aliphatic heterocycles. The number of amides is 3. The molecule has 7 nitrogen and oxygen atoms in total. The number of rotatable bonds is 3. The van der Waals surface area contributed by atoms with Gasteiger partial charge in [-0.25, -0.2) is 0 Å². The topological polar surface area (TPSA) is 73.0 Å². The number of halogens is 1. The van der Waals surface area contributed by atoms with Crippen molar-refractivity contribution in [2.75, 3.05) is 45.8 Å². The zero-order valence-corrected chi connectivity index (χ0v) is 13.3. The van der Waals surface area contributed by atoms with Crippen LogP contribution in [0.4, 0.5) is 0 Å². The van der Waals surface area contributed by atoms with Crippen molar-refractivity contribution in [1.82, 2.24) is 20.0 Å². The molecule has 1 N–H and O–H groups in total. The van der Waals surface area contributed by atoms with Crippen LogP contribution in [0.1, 0.15) is 13.8 Å². The van der Waals surface area contributed by atoms with Gasteiger partial charge in [0.05, 0.1) is 0 Å². The molecule has 0 spiro atoms. The Morgan fingerprint density at radius 2 is 1.81 bits per heavy atom. The summed E-state index contributed by atoms with van der Waals surface area (Å²) in [4.78, 5) is 40.5. The number of hydrogen-bond acceptors (Lipinski definition) is 4. The van der Waals surface area contributed by atoms with E-state index < -0.39 is 11.8 Å². The number of hydrogen-bond donors (Lipinski definition) is 1. The van der Waals surface area contributed by atoms with Gasteiger partial charge >= 0.3 is 11.8 Å². The van der Waals surface area contributed by atoms with Crippen molar-refractivity contribution in [3.8, 4) is 0 Å². The first-order valence-corrected chi connectivity index (χ1v) is 7.12. The van der Waals surface area contributed by atoms with E-state index in [2.05, 4.69) is 5.32 Å². The third kappa shape index (κ3) is 4.07. The molecule has 0 saturated carbocycles. The van der Waals surface area contributed by atoms with Crippen molar-refractivity contribution in [2.45, 2.75) is 19.9 Å². The Balaban J connectivity index is 0.00000220. The van der Waals surface area contributed by atoms with Crippen LogP contribution < -0.4 is 5.32 Å². The van der Waals surface area contributed by atoms with Crippen LogP contribution in [0.5, 0.6) is 0 Å². The minimum atomic E-state index is -0.561. The second-order valence-corrected chi connectivity index (χ2v) is 5.31. The van der Waals surface area contributed by atoms with Gasteiger partial charge in [0.1, 0.15) is 6.54 Å². The third-order valence-corrected chi connectivity index (χ3v) is 3.83. The Morgan fingerprint density at radius 3 is 2.43 bits per heavy atom. The van der Waals surface area contributed by atoms with Crippen molar-refractivity contribution in [2.24, 2.45) is 0 Å². The van der Waals surface area contributed by atoms with Gasteiger partial charge in [0.2, 0.25) is 5.91 Å². The number of piperazine rings is 2. The predicted molar refractivity (Wildman–Crippen MR) is 80.1 cm³/mol. The van der Waals surface area contributed by atoms with Gasteiger partial charge in [-0.05, 0) is 13.8 Å². The molecule has 2 fully saturated rings. The Morgan fingerprint density at radius 1 is 1.19 bits per heavy atom. The molecule has 0 bridgehead atoms. The van der Waals surface area contributed by atoms with Crippen molar-refractivity contribution in [3.63, 3.8) is 0 Å². The third-order valence-electron chi connectivity index (χ3n) is 3.83. The SMILES string of the molecule is CCN1CCN(CC(=O)N2CCNC(C)C2)C(=O)C1=O.Cl. The molecule has 21 heavy (non-hydrogen) atoms. The summed E-state index contributed by atoms with van der Waals surface area (Å²) in [6, 6.07) is 0.266. The summed E-state index contributed by atoms with van der Waals surface area (Å²) in [7, 11) is 0. The highest BCUT2D eigenvalue weighted by atomic mass is 35.5. The lowest BCUT2D eigenvalue weighted by atomic mass is 10.2. The minimum absolute atomic E-state index is 0. The normalized spacial score (nSPS) is 23.1. The average Bonchev–Trinajstić information content (AvgIpc) is 2.44. The first-order chi connectivity index (χ1) is 9.52. The van der Waals surface area contributed by atoms with Crippen molar-refractivity contribution < 1.29 is 14.4 Å². The number of nitrogens with zero attached hydrogens (tertiary/aromatic N) is 3. The highest BCUT2D eigenvalue weighted by Gasteiger charge is 2.33. The quantitative estimate of drug-likeness (QED) is 0.672. The van der Waals surface area contributed by atoms with Gasteiger partial charge in [0, 0.05) is 45.3 Å². The molecule has 8 heteroatoms. The fourth-order valence-corrected chi connectivity index (χ4v) is 2.59. The predicted octanol–water partition coefficient (Wildman–Crippen LogP) is -1.08. The zero-order chi connectivity index (χ0) is 14.7. The summed E-state index contributed by atoms with van der Waals surface area (Å²) in [5.74, 6) is -1.14. The first-order valence-electron chi connectivity index (χ1n) is 7.12. The van der Waals surface area contributed by atoms with Crippen molar-refractivity contribution in [1.29, 1.82) is 0 Å². The first kappa shape index (κ1) is 17.7. The van der Waals surface area contributed by atoms with Crippen LogP contribution >= 0.6 is 12.4 Å². The summed E-state index contributed by atoms with van der Waals surface area (Å²) in [5.41, 5.74) is 0. The van der Waals surface area contributed by atoms with Gasteiger partial charge in [0.25, 0.3) is 0 Å². The van der Waals surface area contributed by atoms with Gasteiger partial charge in [0.15, 0.2) is 0 Å². The Hall–Kier alpha value is -1.34. The lowest BCUT2D eigenvalue weighted by Crippen LogP contribution is -2.58. The smallest absolute Gasteiger partial charge is 0.312 e. The van der Waals surface area contributed by atoms with Crippen LogP contribution in [-0.2, 0) is 14.4 Å². The molecule has 2 rings (SSSR count). The van der Waals surface area contributed by atoms with Crippen LogP contribution in [0.15, 0.2) is 0 Å². The number of nitrogens with one attached hydrogen (secondary N) is 1. The second-order valence-electron chi connectivity index (χ2n) is 5.31. The van der Waals surface area contributed by atoms with E-state index in [-0.39, 0.29) is 30.9 Å². The molecule has 0 aliphatic carbocycles. The highest BCUT2D eigenvalue weighted by molar-refractivity contribution is 6.35. The van der Waals surface area contributed by atoms with E-state index in [4.69, 9.17) is 0 Å². The Labute approximate surface area is 131 Å². The number of carbonyl (C=O) groups is 3. The second kappa shape index (κ2) is 7.61. The molecule has 0 aromatic heterocycles. The van der Waals surface area contributed by atoms with E-state index in [1.54, 1.807) is 4.90 Å². The molecule has 2 saturated heterocycles.